The Bertz CT molecular complexity index is 335. The number of hydrogen-bond acceptors (Lipinski definition) is 3. The number of nitrogens with one attached hydrogen (secondary N) is 1. The molecule has 0 amide bonds. The number of hydrogen-bond donors (Lipinski definition) is 1. The van der Waals surface area contributed by atoms with Crippen molar-refractivity contribution >= 4 is 0 Å². The second-order valence-corrected chi connectivity index (χ2v) is 5.35. The number of benzene rings is 1. The summed E-state index contributed by atoms with van der Waals surface area (Å²) in [6, 6.07) is 8.99. The van der Waals surface area contributed by atoms with Crippen molar-refractivity contribution in [3.63, 3.8) is 0 Å². The molecule has 19 heavy (non-hydrogen) atoms. The first-order valence-electron chi connectivity index (χ1n) is 7.21. The number of nitrogens with zero attached hydrogens (tertiary/aromatic N) is 1. The topological polar surface area (TPSA) is 24.5 Å². The molecule has 0 saturated heterocycles. The van der Waals surface area contributed by atoms with Crippen molar-refractivity contribution < 1.29 is 4.74 Å². The smallest absolute Gasteiger partial charge is 0.119 e. The maximum absolute atomic E-state index is 5.68. The molecule has 1 rings (SSSR count). The molecule has 0 radical (unpaired) electrons. The molecule has 0 spiro atoms. The molecule has 1 aromatic carbocycles. The van der Waals surface area contributed by atoms with Crippen LogP contribution in [-0.4, -0.2) is 44.7 Å². The van der Waals surface area contributed by atoms with Crippen LogP contribution in [0.5, 0.6) is 5.75 Å². The molecule has 108 valence electrons. The Morgan fingerprint density at radius 1 is 1.21 bits per heavy atom. The van der Waals surface area contributed by atoms with Gasteiger partial charge in [0.05, 0.1) is 0 Å². The van der Waals surface area contributed by atoms with Gasteiger partial charge in [0.25, 0.3) is 0 Å². The van der Waals surface area contributed by atoms with Crippen molar-refractivity contribution in [1.29, 1.82) is 0 Å². The fraction of sp³-hybridized carbons (Fsp3) is 0.625. The summed E-state index contributed by atoms with van der Waals surface area (Å²) in [5.41, 5.74) is 1.36. The second-order valence-electron chi connectivity index (χ2n) is 5.35. The lowest BCUT2D eigenvalue weighted by Gasteiger charge is -2.14. The average molecular weight is 264 g/mol. The van der Waals surface area contributed by atoms with Crippen LogP contribution in [0.25, 0.3) is 0 Å². The second kappa shape index (κ2) is 8.94. The Morgan fingerprint density at radius 3 is 2.47 bits per heavy atom. The minimum absolute atomic E-state index is 0.528. The Hall–Kier alpha value is -1.06. The van der Waals surface area contributed by atoms with Gasteiger partial charge in [0.1, 0.15) is 12.4 Å². The standard InChI is InChI=1S/C16H28N2O/c1-5-10-17-14(2)13-15-6-8-16(9-7-15)19-12-11-18(3)4/h6-9,14,17H,5,10-13H2,1-4H3. The van der Waals surface area contributed by atoms with Crippen molar-refractivity contribution in [3.05, 3.63) is 29.8 Å². The van der Waals surface area contributed by atoms with Crippen LogP contribution in [0.15, 0.2) is 24.3 Å². The van der Waals surface area contributed by atoms with Crippen molar-refractivity contribution in [2.75, 3.05) is 33.8 Å². The summed E-state index contributed by atoms with van der Waals surface area (Å²) in [5.74, 6) is 0.958. The fourth-order valence-electron chi connectivity index (χ4n) is 1.88. The van der Waals surface area contributed by atoms with Gasteiger partial charge >= 0.3 is 0 Å². The molecule has 1 N–H and O–H groups in total. The van der Waals surface area contributed by atoms with Crippen LogP contribution in [0.1, 0.15) is 25.8 Å². The lowest BCUT2D eigenvalue weighted by atomic mass is 10.1. The van der Waals surface area contributed by atoms with Crippen LogP contribution in [-0.2, 0) is 6.42 Å². The Balaban J connectivity index is 2.34. The Kier molecular flexibility index (Phi) is 7.53. The van der Waals surface area contributed by atoms with E-state index in [0.717, 1.165) is 31.9 Å². The van der Waals surface area contributed by atoms with Crippen molar-refractivity contribution in [2.45, 2.75) is 32.7 Å². The highest BCUT2D eigenvalue weighted by Crippen LogP contribution is 2.13. The monoisotopic (exact) mass is 264 g/mol. The lowest BCUT2D eigenvalue weighted by Crippen LogP contribution is -2.28. The van der Waals surface area contributed by atoms with E-state index in [9.17, 15) is 0 Å². The molecule has 0 aliphatic heterocycles. The number of rotatable bonds is 9. The van der Waals surface area contributed by atoms with Crippen molar-refractivity contribution in [3.8, 4) is 5.75 Å². The molecule has 0 heterocycles. The molecule has 0 saturated carbocycles. The fourth-order valence-corrected chi connectivity index (χ4v) is 1.88. The summed E-state index contributed by atoms with van der Waals surface area (Å²) in [4.78, 5) is 2.12. The molecule has 1 aromatic rings. The van der Waals surface area contributed by atoms with Gasteiger partial charge in [0.15, 0.2) is 0 Å². The van der Waals surface area contributed by atoms with Gasteiger partial charge in [-0.3, -0.25) is 0 Å². The van der Waals surface area contributed by atoms with E-state index in [1.165, 1.54) is 12.0 Å². The Morgan fingerprint density at radius 2 is 1.89 bits per heavy atom. The molecule has 1 atom stereocenters. The average Bonchev–Trinajstić information content (AvgIpc) is 2.38. The molecule has 0 bridgehead atoms. The first-order chi connectivity index (χ1) is 9.11. The normalized spacial score (nSPS) is 12.7. The van der Waals surface area contributed by atoms with E-state index in [4.69, 9.17) is 4.74 Å². The van der Waals surface area contributed by atoms with Gasteiger partial charge in [-0.15, -0.1) is 0 Å². The van der Waals surface area contributed by atoms with Gasteiger partial charge in [-0.25, -0.2) is 0 Å². The van der Waals surface area contributed by atoms with Crippen LogP contribution < -0.4 is 10.1 Å². The maximum Gasteiger partial charge on any atom is 0.119 e. The molecule has 0 aromatic heterocycles. The minimum Gasteiger partial charge on any atom is -0.492 e. The van der Waals surface area contributed by atoms with Crippen LogP contribution in [0, 0.1) is 0 Å². The third-order valence-corrected chi connectivity index (χ3v) is 3.02. The zero-order chi connectivity index (χ0) is 14.1. The first-order valence-corrected chi connectivity index (χ1v) is 7.21. The quantitative estimate of drug-likeness (QED) is 0.742. The zero-order valence-electron chi connectivity index (χ0n) is 12.8. The van der Waals surface area contributed by atoms with Gasteiger partial charge in [0, 0.05) is 12.6 Å². The Labute approximate surface area is 118 Å². The predicted molar refractivity (Wildman–Crippen MR) is 82.0 cm³/mol. The largest absolute Gasteiger partial charge is 0.492 e. The molecule has 1 unspecified atom stereocenters. The third kappa shape index (κ3) is 7.19. The van der Waals surface area contributed by atoms with Crippen molar-refractivity contribution in [1.82, 2.24) is 10.2 Å². The molecule has 0 fully saturated rings. The predicted octanol–water partition coefficient (Wildman–Crippen LogP) is 2.56. The first kappa shape index (κ1) is 16.0. The van der Waals surface area contributed by atoms with Crippen LogP contribution in [0.4, 0.5) is 0 Å². The van der Waals surface area contributed by atoms with E-state index in [1.807, 2.05) is 0 Å². The van der Waals surface area contributed by atoms with E-state index in [2.05, 4.69) is 62.4 Å². The zero-order valence-corrected chi connectivity index (χ0v) is 12.8. The van der Waals surface area contributed by atoms with E-state index in [-0.39, 0.29) is 0 Å². The molecule has 0 aliphatic carbocycles. The number of ether oxygens (including phenoxy) is 1. The SMILES string of the molecule is CCCNC(C)Cc1ccc(OCCN(C)C)cc1. The summed E-state index contributed by atoms with van der Waals surface area (Å²) in [5, 5.41) is 3.51. The van der Waals surface area contributed by atoms with Crippen molar-refractivity contribution in [2.24, 2.45) is 0 Å². The molecule has 3 heteroatoms. The lowest BCUT2D eigenvalue weighted by molar-refractivity contribution is 0.261. The minimum atomic E-state index is 0.528. The highest BCUT2D eigenvalue weighted by molar-refractivity contribution is 5.27. The molecule has 3 nitrogen and oxygen atoms in total. The van der Waals surface area contributed by atoms with Crippen LogP contribution >= 0.6 is 0 Å². The van der Waals surface area contributed by atoms with Gasteiger partial charge in [0.2, 0.25) is 0 Å². The summed E-state index contributed by atoms with van der Waals surface area (Å²) in [6.07, 6.45) is 2.25. The number of likely N-dealkylation sites (N-methyl/N-ethyl adjacent to an activating group) is 1. The highest BCUT2D eigenvalue weighted by atomic mass is 16.5. The van der Waals surface area contributed by atoms with Crippen LogP contribution in [0.2, 0.25) is 0 Å². The van der Waals surface area contributed by atoms with Gasteiger partial charge < -0.3 is 15.0 Å². The summed E-state index contributed by atoms with van der Waals surface area (Å²) in [6.45, 7) is 7.20. The van der Waals surface area contributed by atoms with Gasteiger partial charge in [-0.05, 0) is 58.1 Å². The van der Waals surface area contributed by atoms with E-state index < -0.39 is 0 Å². The summed E-state index contributed by atoms with van der Waals surface area (Å²) >= 11 is 0. The van der Waals surface area contributed by atoms with E-state index in [0.29, 0.717) is 6.04 Å². The summed E-state index contributed by atoms with van der Waals surface area (Å²) < 4.78 is 5.68. The summed E-state index contributed by atoms with van der Waals surface area (Å²) in [7, 11) is 4.11. The maximum atomic E-state index is 5.68. The third-order valence-electron chi connectivity index (χ3n) is 3.02. The molecular weight excluding hydrogens is 236 g/mol. The van der Waals surface area contributed by atoms with E-state index >= 15 is 0 Å². The van der Waals surface area contributed by atoms with Gasteiger partial charge in [-0.2, -0.15) is 0 Å². The molecule has 0 aliphatic rings. The molecular formula is C16H28N2O. The van der Waals surface area contributed by atoms with E-state index in [1.54, 1.807) is 0 Å². The van der Waals surface area contributed by atoms with Crippen LogP contribution in [0.3, 0.4) is 0 Å². The van der Waals surface area contributed by atoms with Gasteiger partial charge in [-0.1, -0.05) is 19.1 Å². The highest BCUT2D eigenvalue weighted by Gasteiger charge is 2.02.